The van der Waals surface area contributed by atoms with Gasteiger partial charge in [0.05, 0.1) is 20.6 Å². The molecule has 2 aromatic carbocycles. The van der Waals surface area contributed by atoms with Gasteiger partial charge in [0, 0.05) is 5.56 Å². The fourth-order valence-electron chi connectivity index (χ4n) is 3.30. The highest BCUT2D eigenvalue weighted by molar-refractivity contribution is 5.96. The number of amides is 2. The van der Waals surface area contributed by atoms with Gasteiger partial charge in [0.2, 0.25) is 5.91 Å². The summed E-state index contributed by atoms with van der Waals surface area (Å²) in [6.07, 6.45) is 4.84. The number of hydrogen-bond acceptors (Lipinski definition) is 4. The summed E-state index contributed by atoms with van der Waals surface area (Å²) in [4.78, 5) is 24.4. The van der Waals surface area contributed by atoms with Crippen LogP contribution < -0.4 is 20.3 Å². The fraction of sp³-hybridized carbons (Fsp3) is 0.333. The van der Waals surface area contributed by atoms with Crippen LogP contribution in [0.2, 0.25) is 0 Å². The molecule has 1 aliphatic rings. The van der Waals surface area contributed by atoms with Gasteiger partial charge >= 0.3 is 0 Å². The molecule has 0 aromatic heterocycles. The highest BCUT2D eigenvalue weighted by Gasteiger charge is 2.13. The van der Waals surface area contributed by atoms with E-state index in [1.54, 1.807) is 18.2 Å². The Morgan fingerprint density at radius 1 is 0.889 bits per heavy atom. The number of ether oxygens (including phenoxy) is 2. The van der Waals surface area contributed by atoms with Crippen LogP contribution in [0.4, 0.5) is 0 Å². The van der Waals surface area contributed by atoms with Gasteiger partial charge < -0.3 is 9.47 Å². The molecule has 0 radical (unpaired) electrons. The first-order chi connectivity index (χ1) is 13.1. The molecule has 0 heterocycles. The average molecular weight is 368 g/mol. The van der Waals surface area contributed by atoms with Gasteiger partial charge in [0.15, 0.2) is 11.5 Å². The van der Waals surface area contributed by atoms with Crippen molar-refractivity contribution in [1.29, 1.82) is 0 Å². The molecule has 2 N–H and O–H groups in total. The van der Waals surface area contributed by atoms with Gasteiger partial charge in [-0.25, -0.2) is 0 Å². The maximum absolute atomic E-state index is 12.2. The fourth-order valence-corrected chi connectivity index (χ4v) is 3.30. The van der Waals surface area contributed by atoms with Crippen LogP contribution in [0.5, 0.6) is 11.5 Å². The number of hydrogen-bond donors (Lipinski definition) is 2. The topological polar surface area (TPSA) is 76.7 Å². The molecule has 27 heavy (non-hydrogen) atoms. The maximum atomic E-state index is 12.2. The molecule has 6 nitrogen and oxygen atoms in total. The van der Waals surface area contributed by atoms with Gasteiger partial charge in [-0.05, 0) is 60.6 Å². The van der Waals surface area contributed by atoms with Crippen LogP contribution in [0.25, 0.3) is 0 Å². The van der Waals surface area contributed by atoms with Crippen molar-refractivity contribution in [2.75, 3.05) is 14.2 Å². The van der Waals surface area contributed by atoms with Crippen LogP contribution in [0, 0.1) is 0 Å². The van der Waals surface area contributed by atoms with E-state index >= 15 is 0 Å². The van der Waals surface area contributed by atoms with Crippen LogP contribution in [0.15, 0.2) is 36.4 Å². The van der Waals surface area contributed by atoms with Crippen molar-refractivity contribution in [3.8, 4) is 11.5 Å². The molecule has 0 saturated heterocycles. The SMILES string of the molecule is COc1ccc(C(=O)NNC(=O)Cc2ccc3c(c2)CCCC3)cc1OC. The lowest BCUT2D eigenvalue weighted by atomic mass is 9.90. The number of carbonyl (C=O) groups is 2. The number of hydrazine groups is 1. The second kappa shape index (κ2) is 8.58. The lowest BCUT2D eigenvalue weighted by Gasteiger charge is -2.16. The summed E-state index contributed by atoms with van der Waals surface area (Å²) < 4.78 is 10.3. The summed E-state index contributed by atoms with van der Waals surface area (Å²) in [6, 6.07) is 11.0. The predicted molar refractivity (Wildman–Crippen MR) is 102 cm³/mol. The van der Waals surface area contributed by atoms with E-state index in [4.69, 9.17) is 9.47 Å². The Hall–Kier alpha value is -3.02. The molecular formula is C21H24N2O4. The van der Waals surface area contributed by atoms with Gasteiger partial charge in [0.25, 0.3) is 5.91 Å². The quantitative estimate of drug-likeness (QED) is 0.796. The molecule has 2 aromatic rings. The average Bonchev–Trinajstić information content (AvgIpc) is 2.71. The molecule has 0 saturated carbocycles. The Labute approximate surface area is 158 Å². The summed E-state index contributed by atoms with van der Waals surface area (Å²) in [7, 11) is 3.03. The van der Waals surface area contributed by atoms with Crippen molar-refractivity contribution in [3.05, 3.63) is 58.7 Å². The van der Waals surface area contributed by atoms with E-state index in [-0.39, 0.29) is 12.3 Å². The number of benzene rings is 2. The van der Waals surface area contributed by atoms with Crippen molar-refractivity contribution < 1.29 is 19.1 Å². The second-order valence-electron chi connectivity index (χ2n) is 6.56. The van der Waals surface area contributed by atoms with Gasteiger partial charge in [-0.1, -0.05) is 18.2 Å². The third-order valence-electron chi connectivity index (χ3n) is 4.74. The Bertz CT molecular complexity index is 848. The standard InChI is InChI=1S/C21H24N2O4/c1-26-18-10-9-17(13-19(18)27-2)21(25)23-22-20(24)12-14-7-8-15-5-3-4-6-16(15)11-14/h7-11,13H,3-6,12H2,1-2H3,(H,22,24)(H,23,25). The van der Waals surface area contributed by atoms with Crippen molar-refractivity contribution in [1.82, 2.24) is 10.9 Å². The van der Waals surface area contributed by atoms with Gasteiger partial charge in [-0.3, -0.25) is 20.4 Å². The Morgan fingerprint density at radius 3 is 2.37 bits per heavy atom. The van der Waals surface area contributed by atoms with Crippen LogP contribution in [0.3, 0.4) is 0 Å². The number of aryl methyl sites for hydroxylation is 2. The Kier molecular flexibility index (Phi) is 5.96. The summed E-state index contributed by atoms with van der Waals surface area (Å²) in [6.45, 7) is 0. The summed E-state index contributed by atoms with van der Waals surface area (Å²) in [5.41, 5.74) is 8.93. The van der Waals surface area contributed by atoms with E-state index in [1.165, 1.54) is 38.2 Å². The number of fused-ring (bicyclic) bond motifs is 1. The number of methoxy groups -OCH3 is 2. The van der Waals surface area contributed by atoms with Crippen LogP contribution in [-0.4, -0.2) is 26.0 Å². The summed E-state index contributed by atoms with van der Waals surface area (Å²) >= 11 is 0. The lowest BCUT2D eigenvalue weighted by molar-refractivity contribution is -0.121. The third kappa shape index (κ3) is 4.58. The summed E-state index contributed by atoms with van der Waals surface area (Å²) in [5.74, 6) is 0.297. The molecule has 0 atom stereocenters. The minimum atomic E-state index is -0.422. The largest absolute Gasteiger partial charge is 0.493 e. The van der Waals surface area contributed by atoms with E-state index in [2.05, 4.69) is 23.0 Å². The maximum Gasteiger partial charge on any atom is 0.269 e. The molecule has 6 heteroatoms. The van der Waals surface area contributed by atoms with Crippen LogP contribution in [-0.2, 0) is 24.1 Å². The van der Waals surface area contributed by atoms with Gasteiger partial charge in [-0.15, -0.1) is 0 Å². The van der Waals surface area contributed by atoms with E-state index in [0.717, 1.165) is 18.4 Å². The minimum absolute atomic E-state index is 0.222. The number of rotatable bonds is 5. The van der Waals surface area contributed by atoms with E-state index in [0.29, 0.717) is 17.1 Å². The molecule has 0 unspecified atom stereocenters. The smallest absolute Gasteiger partial charge is 0.269 e. The molecule has 0 bridgehead atoms. The summed E-state index contributed by atoms with van der Waals surface area (Å²) in [5, 5.41) is 0. The van der Waals surface area contributed by atoms with E-state index < -0.39 is 5.91 Å². The lowest BCUT2D eigenvalue weighted by Crippen LogP contribution is -2.42. The van der Waals surface area contributed by atoms with E-state index in [1.807, 2.05) is 6.07 Å². The van der Waals surface area contributed by atoms with Gasteiger partial charge in [-0.2, -0.15) is 0 Å². The molecular weight excluding hydrogens is 344 g/mol. The molecule has 0 spiro atoms. The Balaban J connectivity index is 1.56. The molecule has 0 fully saturated rings. The first-order valence-electron chi connectivity index (χ1n) is 9.02. The highest BCUT2D eigenvalue weighted by atomic mass is 16.5. The van der Waals surface area contributed by atoms with E-state index in [9.17, 15) is 9.59 Å². The Morgan fingerprint density at radius 2 is 1.63 bits per heavy atom. The second-order valence-corrected chi connectivity index (χ2v) is 6.56. The third-order valence-corrected chi connectivity index (χ3v) is 4.74. The molecule has 0 aliphatic heterocycles. The molecule has 1 aliphatic carbocycles. The van der Waals surface area contributed by atoms with Crippen LogP contribution in [0.1, 0.15) is 39.9 Å². The van der Waals surface area contributed by atoms with Crippen molar-refractivity contribution in [2.45, 2.75) is 32.1 Å². The zero-order valence-corrected chi connectivity index (χ0v) is 15.6. The number of carbonyl (C=O) groups excluding carboxylic acids is 2. The van der Waals surface area contributed by atoms with Gasteiger partial charge in [0.1, 0.15) is 0 Å². The van der Waals surface area contributed by atoms with Crippen molar-refractivity contribution in [2.24, 2.45) is 0 Å². The normalized spacial score (nSPS) is 12.7. The molecule has 2 amide bonds. The highest BCUT2D eigenvalue weighted by Crippen LogP contribution is 2.27. The minimum Gasteiger partial charge on any atom is -0.493 e. The molecule has 142 valence electrons. The molecule has 3 rings (SSSR count). The zero-order chi connectivity index (χ0) is 19.2. The number of nitrogens with one attached hydrogen (secondary N) is 2. The monoisotopic (exact) mass is 368 g/mol. The first-order valence-corrected chi connectivity index (χ1v) is 9.02. The predicted octanol–water partition coefficient (Wildman–Crippen LogP) is 2.59. The van der Waals surface area contributed by atoms with Crippen LogP contribution >= 0.6 is 0 Å². The zero-order valence-electron chi connectivity index (χ0n) is 15.6. The first kappa shape index (κ1) is 18.8. The van der Waals surface area contributed by atoms with Crippen molar-refractivity contribution >= 4 is 11.8 Å². The van der Waals surface area contributed by atoms with Crippen molar-refractivity contribution in [3.63, 3.8) is 0 Å².